The van der Waals surface area contributed by atoms with Crippen LogP contribution in [0.3, 0.4) is 0 Å². The van der Waals surface area contributed by atoms with Gasteiger partial charge in [-0.3, -0.25) is 0 Å². The largest absolute Gasteiger partial charge is 3.00 e. The molecule has 0 saturated heterocycles. The van der Waals surface area contributed by atoms with E-state index in [1.807, 2.05) is 54.9 Å². The molecule has 5 heterocycles. The molecule has 0 spiro atoms. The molecular weight excluding hydrogens is 911 g/mol. The number of aromatic nitrogens is 5. The first-order valence-electron chi connectivity index (χ1n) is 20.6. The summed E-state index contributed by atoms with van der Waals surface area (Å²) >= 11 is 0. The summed E-state index contributed by atoms with van der Waals surface area (Å²) in [5.41, 5.74) is 18.2. The van der Waals surface area contributed by atoms with Crippen molar-refractivity contribution in [2.45, 2.75) is 51.9 Å². The van der Waals surface area contributed by atoms with Gasteiger partial charge in [0.05, 0.1) is 11.0 Å². The Morgan fingerprint density at radius 2 is 1.08 bits per heavy atom. The van der Waals surface area contributed by atoms with Crippen LogP contribution in [0.4, 0.5) is 0 Å². The van der Waals surface area contributed by atoms with Crippen LogP contribution in [0.25, 0.3) is 61.0 Å². The quantitative estimate of drug-likeness (QED) is 0.0904. The van der Waals surface area contributed by atoms with E-state index < -0.39 is 0 Å². The predicted molar refractivity (Wildman–Crippen MR) is 239 cm³/mol. The standard InChI is InChI=1S/C54H42N5.Ir/c1-2-45-44(36-57-53-46-17-9-11-19-50(46)59-51-20-12-10-18-49(51)58-54(59)52(45)53)28-25-41-32-39(23-21-37-26-29-47(55-34-37)42-13-5-3-6-14-42)31-40(33-41)24-22-38-27-30-48(56-35-38)43-15-7-4-8-16-43;/h3-13,15,18-20,26-27,29-36H,2,21-25,28H2,1H3;/q-3;+3. The van der Waals surface area contributed by atoms with Crippen LogP contribution in [0.1, 0.15) is 45.9 Å². The molecule has 0 saturated carbocycles. The molecule has 0 aliphatic heterocycles. The molecule has 0 aliphatic carbocycles. The Hall–Kier alpha value is -6.33. The Morgan fingerprint density at radius 1 is 0.517 bits per heavy atom. The van der Waals surface area contributed by atoms with Crippen LogP contribution in [0.15, 0.2) is 152 Å². The van der Waals surface area contributed by atoms with Gasteiger partial charge in [-0.05, 0) is 113 Å². The first-order valence-corrected chi connectivity index (χ1v) is 20.6. The van der Waals surface area contributed by atoms with E-state index in [0.717, 1.165) is 106 Å². The second-order valence-electron chi connectivity index (χ2n) is 15.3. The Bertz CT molecular complexity index is 2960. The molecule has 10 aromatic rings. The summed E-state index contributed by atoms with van der Waals surface area (Å²) in [4.78, 5) is 19.9. The molecule has 5 aromatic carbocycles. The number of rotatable bonds is 12. The number of fused-ring (bicyclic) bond motifs is 8. The fraction of sp³-hybridized carbons (Fsp3) is 0.148. The van der Waals surface area contributed by atoms with Crippen molar-refractivity contribution in [2.75, 3.05) is 0 Å². The molecule has 0 amide bonds. The SMILES string of the molecule is CCc1c(CCc2cc(CCc3ccc(-c4[c-]cccc4)nc3)cc(CCc3ccc(-c4[c-]cccc4)nc3)c2)cnc2c3[c-]cccc3n3c4ccccc4nc3c12.[Ir+3]. The second kappa shape index (κ2) is 17.5. The van der Waals surface area contributed by atoms with Crippen molar-refractivity contribution in [3.05, 3.63) is 209 Å². The minimum Gasteiger partial charge on any atom is -0.335 e. The summed E-state index contributed by atoms with van der Waals surface area (Å²) in [5, 5.41) is 2.17. The molecule has 0 radical (unpaired) electrons. The zero-order chi connectivity index (χ0) is 39.5. The number of para-hydroxylation sites is 2. The fourth-order valence-corrected chi connectivity index (χ4v) is 8.58. The smallest absolute Gasteiger partial charge is 0.335 e. The van der Waals surface area contributed by atoms with Gasteiger partial charge in [0, 0.05) is 29.5 Å². The molecule has 0 atom stereocenters. The Labute approximate surface area is 364 Å². The van der Waals surface area contributed by atoms with Gasteiger partial charge in [-0.25, -0.2) is 4.98 Å². The first kappa shape index (κ1) is 39.1. The van der Waals surface area contributed by atoms with Crippen molar-refractivity contribution < 1.29 is 20.1 Å². The zero-order valence-corrected chi connectivity index (χ0v) is 35.8. The number of benzene rings is 5. The molecule has 5 nitrogen and oxygen atoms in total. The Kier molecular flexibility index (Phi) is 11.4. The Balaban J connectivity index is 0.00000462. The molecule has 0 N–H and O–H groups in total. The van der Waals surface area contributed by atoms with Crippen LogP contribution in [0, 0.1) is 18.2 Å². The van der Waals surface area contributed by atoms with Crippen LogP contribution >= 0.6 is 0 Å². The molecule has 0 unspecified atom stereocenters. The molecule has 0 fully saturated rings. The first-order chi connectivity index (χ1) is 29.2. The number of pyridine rings is 4. The van der Waals surface area contributed by atoms with E-state index in [1.54, 1.807) is 0 Å². The van der Waals surface area contributed by atoms with Crippen molar-refractivity contribution in [1.82, 2.24) is 24.3 Å². The van der Waals surface area contributed by atoms with Crippen LogP contribution in [0.5, 0.6) is 0 Å². The molecule has 60 heavy (non-hydrogen) atoms. The summed E-state index contributed by atoms with van der Waals surface area (Å²) in [6.45, 7) is 2.26. The number of hydrogen-bond acceptors (Lipinski definition) is 4. The summed E-state index contributed by atoms with van der Waals surface area (Å²) < 4.78 is 2.30. The molecule has 6 heteroatoms. The van der Waals surface area contributed by atoms with E-state index in [-0.39, 0.29) is 20.1 Å². The molecule has 292 valence electrons. The van der Waals surface area contributed by atoms with Gasteiger partial charge in [-0.2, -0.15) is 0 Å². The molecule has 0 aliphatic rings. The van der Waals surface area contributed by atoms with Crippen LogP contribution in [-0.4, -0.2) is 24.3 Å². The minimum atomic E-state index is 0. The van der Waals surface area contributed by atoms with E-state index in [1.165, 1.54) is 38.9 Å². The Morgan fingerprint density at radius 3 is 1.67 bits per heavy atom. The van der Waals surface area contributed by atoms with Gasteiger partial charge in [-0.15, -0.1) is 101 Å². The van der Waals surface area contributed by atoms with Crippen LogP contribution in [0.2, 0.25) is 0 Å². The number of aryl methyl sites for hydroxylation is 7. The van der Waals surface area contributed by atoms with E-state index in [4.69, 9.17) is 19.9 Å². The van der Waals surface area contributed by atoms with Gasteiger partial charge >= 0.3 is 20.1 Å². The average molecular weight is 953 g/mol. The average Bonchev–Trinajstić information content (AvgIpc) is 3.70. The van der Waals surface area contributed by atoms with E-state index in [0.29, 0.717) is 0 Å². The zero-order valence-electron chi connectivity index (χ0n) is 33.5. The maximum atomic E-state index is 5.21. The maximum absolute atomic E-state index is 5.21. The van der Waals surface area contributed by atoms with Crippen molar-refractivity contribution in [3.63, 3.8) is 0 Å². The predicted octanol–water partition coefficient (Wildman–Crippen LogP) is 11.6. The third-order valence-corrected chi connectivity index (χ3v) is 11.5. The molecule has 10 rings (SSSR count). The van der Waals surface area contributed by atoms with E-state index in [2.05, 4.69) is 127 Å². The summed E-state index contributed by atoms with van der Waals surface area (Å²) in [5.74, 6) is 0. The van der Waals surface area contributed by atoms with Gasteiger partial charge in [0.25, 0.3) is 0 Å². The second-order valence-corrected chi connectivity index (χ2v) is 15.3. The third-order valence-electron chi connectivity index (χ3n) is 11.5. The fourth-order valence-electron chi connectivity index (χ4n) is 8.58. The number of hydrogen-bond donors (Lipinski definition) is 0. The van der Waals surface area contributed by atoms with Crippen molar-refractivity contribution in [2.24, 2.45) is 0 Å². The monoisotopic (exact) mass is 953 g/mol. The topological polar surface area (TPSA) is 56.0 Å². The van der Waals surface area contributed by atoms with Crippen LogP contribution in [-0.2, 0) is 65.1 Å². The van der Waals surface area contributed by atoms with Crippen molar-refractivity contribution >= 4 is 38.5 Å². The van der Waals surface area contributed by atoms with E-state index in [9.17, 15) is 0 Å². The normalized spacial score (nSPS) is 11.4. The van der Waals surface area contributed by atoms with Gasteiger partial charge in [0.15, 0.2) is 0 Å². The summed E-state index contributed by atoms with van der Waals surface area (Å²) in [6.07, 6.45) is 12.6. The summed E-state index contributed by atoms with van der Waals surface area (Å²) in [7, 11) is 0. The third kappa shape index (κ3) is 7.89. The number of nitrogens with zero attached hydrogens (tertiary/aromatic N) is 5. The maximum Gasteiger partial charge on any atom is 3.00 e. The van der Waals surface area contributed by atoms with Crippen molar-refractivity contribution in [3.8, 4) is 22.5 Å². The van der Waals surface area contributed by atoms with Gasteiger partial charge in [0.2, 0.25) is 0 Å². The van der Waals surface area contributed by atoms with Gasteiger partial charge in [-0.1, -0.05) is 61.5 Å². The molecule has 0 bridgehead atoms. The minimum absolute atomic E-state index is 0. The molecule has 5 aromatic heterocycles. The molecular formula is C54H42IrN5. The summed E-state index contributed by atoms with van der Waals surface area (Å²) in [6, 6.07) is 56.6. The van der Waals surface area contributed by atoms with Gasteiger partial charge < -0.3 is 19.4 Å². The van der Waals surface area contributed by atoms with E-state index >= 15 is 0 Å². The van der Waals surface area contributed by atoms with Crippen LogP contribution < -0.4 is 0 Å². The van der Waals surface area contributed by atoms with Gasteiger partial charge in [0.1, 0.15) is 5.65 Å². The number of imidazole rings is 1. The van der Waals surface area contributed by atoms with Crippen molar-refractivity contribution in [1.29, 1.82) is 0 Å².